The minimum Gasteiger partial charge on any atom is -0.488 e. The van der Waals surface area contributed by atoms with Crippen molar-refractivity contribution in [2.75, 3.05) is 6.54 Å². The summed E-state index contributed by atoms with van der Waals surface area (Å²) in [7, 11) is 0. The second-order valence-corrected chi connectivity index (χ2v) is 4.36. The standard InChI is InChI=1S/C17H16N2O2/c18-10-4-7-13-5-3-6-14(11-13)12-21-16-9-2-1-8-15(16)17(19)20/h1-3,5-6,8-9,11H,10,12,18H2,(H2,19,20). The predicted molar refractivity (Wildman–Crippen MR) is 81.7 cm³/mol. The quantitative estimate of drug-likeness (QED) is 0.836. The van der Waals surface area contributed by atoms with Gasteiger partial charge in [-0.1, -0.05) is 36.1 Å². The molecule has 2 aromatic rings. The van der Waals surface area contributed by atoms with Gasteiger partial charge < -0.3 is 16.2 Å². The number of amides is 1. The normalized spacial score (nSPS) is 9.57. The minimum atomic E-state index is -0.506. The van der Waals surface area contributed by atoms with Gasteiger partial charge in [-0.25, -0.2) is 0 Å². The first-order valence-electron chi connectivity index (χ1n) is 6.50. The van der Waals surface area contributed by atoms with E-state index in [1.165, 1.54) is 0 Å². The number of para-hydroxylation sites is 1. The number of benzene rings is 2. The topological polar surface area (TPSA) is 78.3 Å². The molecule has 0 spiro atoms. The van der Waals surface area contributed by atoms with E-state index in [-0.39, 0.29) is 0 Å². The van der Waals surface area contributed by atoms with Gasteiger partial charge in [-0.05, 0) is 29.8 Å². The number of primary amides is 1. The summed E-state index contributed by atoms with van der Waals surface area (Å²) in [5.41, 5.74) is 12.9. The third-order valence-electron chi connectivity index (χ3n) is 2.81. The second kappa shape index (κ2) is 7.13. The fraction of sp³-hybridized carbons (Fsp3) is 0.118. The third kappa shape index (κ3) is 4.10. The first-order chi connectivity index (χ1) is 10.2. The first-order valence-corrected chi connectivity index (χ1v) is 6.50. The first kappa shape index (κ1) is 14.6. The fourth-order valence-corrected chi connectivity index (χ4v) is 1.85. The van der Waals surface area contributed by atoms with Crippen LogP contribution in [-0.4, -0.2) is 12.5 Å². The molecule has 2 rings (SSSR count). The zero-order valence-electron chi connectivity index (χ0n) is 11.5. The van der Waals surface area contributed by atoms with Gasteiger partial charge in [-0.2, -0.15) is 0 Å². The van der Waals surface area contributed by atoms with E-state index < -0.39 is 5.91 Å². The van der Waals surface area contributed by atoms with Crippen molar-refractivity contribution in [2.45, 2.75) is 6.61 Å². The van der Waals surface area contributed by atoms with Gasteiger partial charge in [0.05, 0.1) is 12.1 Å². The third-order valence-corrected chi connectivity index (χ3v) is 2.81. The lowest BCUT2D eigenvalue weighted by atomic mass is 10.1. The average molecular weight is 280 g/mol. The maximum absolute atomic E-state index is 11.3. The van der Waals surface area contributed by atoms with Crippen LogP contribution >= 0.6 is 0 Å². The molecular weight excluding hydrogens is 264 g/mol. The Morgan fingerprint density at radius 3 is 2.71 bits per heavy atom. The van der Waals surface area contributed by atoms with Crippen molar-refractivity contribution in [2.24, 2.45) is 11.5 Å². The number of carbonyl (C=O) groups excluding carboxylic acids is 1. The highest BCUT2D eigenvalue weighted by Crippen LogP contribution is 2.19. The van der Waals surface area contributed by atoms with Crippen LogP contribution in [0.4, 0.5) is 0 Å². The molecule has 0 heterocycles. The van der Waals surface area contributed by atoms with Crippen LogP contribution in [0.2, 0.25) is 0 Å². The molecule has 0 aromatic heterocycles. The molecule has 0 unspecified atom stereocenters. The van der Waals surface area contributed by atoms with Crippen LogP contribution in [0.25, 0.3) is 0 Å². The van der Waals surface area contributed by atoms with Crippen LogP contribution in [0.1, 0.15) is 21.5 Å². The number of nitrogens with two attached hydrogens (primary N) is 2. The maximum atomic E-state index is 11.3. The minimum absolute atomic E-state index is 0.326. The Hall–Kier alpha value is -2.77. The van der Waals surface area contributed by atoms with Crippen molar-refractivity contribution in [3.63, 3.8) is 0 Å². The van der Waals surface area contributed by atoms with Gasteiger partial charge in [0.25, 0.3) is 5.91 Å². The van der Waals surface area contributed by atoms with Crippen molar-refractivity contribution < 1.29 is 9.53 Å². The molecule has 2 aromatic carbocycles. The van der Waals surface area contributed by atoms with E-state index in [2.05, 4.69) is 11.8 Å². The van der Waals surface area contributed by atoms with Crippen LogP contribution in [0.5, 0.6) is 5.75 Å². The maximum Gasteiger partial charge on any atom is 0.252 e. The zero-order chi connectivity index (χ0) is 15.1. The molecule has 0 aliphatic heterocycles. The molecule has 0 atom stereocenters. The molecule has 0 radical (unpaired) electrons. The largest absolute Gasteiger partial charge is 0.488 e. The molecule has 0 aliphatic rings. The Balaban J connectivity index is 2.12. The van der Waals surface area contributed by atoms with Crippen molar-refractivity contribution in [3.8, 4) is 17.6 Å². The fourth-order valence-electron chi connectivity index (χ4n) is 1.85. The van der Waals surface area contributed by atoms with Crippen LogP contribution in [0, 0.1) is 11.8 Å². The monoisotopic (exact) mass is 280 g/mol. The molecule has 4 nitrogen and oxygen atoms in total. The lowest BCUT2D eigenvalue weighted by Crippen LogP contribution is -2.12. The predicted octanol–water partition coefficient (Wildman–Crippen LogP) is 1.67. The Labute approximate surface area is 123 Å². The number of carbonyl (C=O) groups is 1. The summed E-state index contributed by atoms with van der Waals surface area (Å²) in [5.74, 6) is 5.74. The summed E-state index contributed by atoms with van der Waals surface area (Å²) in [6.45, 7) is 0.662. The lowest BCUT2D eigenvalue weighted by Gasteiger charge is -2.09. The summed E-state index contributed by atoms with van der Waals surface area (Å²) in [6.07, 6.45) is 0. The molecule has 0 saturated heterocycles. The van der Waals surface area contributed by atoms with Gasteiger partial charge in [0.15, 0.2) is 0 Å². The molecule has 106 valence electrons. The Morgan fingerprint density at radius 1 is 1.14 bits per heavy atom. The van der Waals surface area contributed by atoms with Crippen LogP contribution in [0.15, 0.2) is 48.5 Å². The highest BCUT2D eigenvalue weighted by molar-refractivity contribution is 5.95. The summed E-state index contributed by atoms with van der Waals surface area (Å²) in [6, 6.07) is 14.6. The van der Waals surface area contributed by atoms with Crippen LogP contribution in [-0.2, 0) is 6.61 Å². The van der Waals surface area contributed by atoms with E-state index in [0.29, 0.717) is 24.5 Å². The number of hydrogen-bond acceptors (Lipinski definition) is 3. The van der Waals surface area contributed by atoms with E-state index in [4.69, 9.17) is 16.2 Å². The van der Waals surface area contributed by atoms with Crippen LogP contribution in [0.3, 0.4) is 0 Å². The smallest absolute Gasteiger partial charge is 0.252 e. The second-order valence-electron chi connectivity index (χ2n) is 4.36. The average Bonchev–Trinajstić information content (AvgIpc) is 2.51. The van der Waals surface area contributed by atoms with Crippen molar-refractivity contribution in [1.29, 1.82) is 0 Å². The molecule has 0 fully saturated rings. The van der Waals surface area contributed by atoms with Gasteiger partial charge in [-0.15, -0.1) is 0 Å². The van der Waals surface area contributed by atoms with Crippen molar-refractivity contribution in [3.05, 3.63) is 65.2 Å². The van der Waals surface area contributed by atoms with Gasteiger partial charge >= 0.3 is 0 Å². The molecule has 0 aliphatic carbocycles. The van der Waals surface area contributed by atoms with E-state index in [1.807, 2.05) is 24.3 Å². The number of hydrogen-bond donors (Lipinski definition) is 2. The molecule has 21 heavy (non-hydrogen) atoms. The summed E-state index contributed by atoms with van der Waals surface area (Å²) in [4.78, 5) is 11.3. The van der Waals surface area contributed by atoms with Gasteiger partial charge in [0.1, 0.15) is 12.4 Å². The van der Waals surface area contributed by atoms with Gasteiger partial charge in [-0.3, -0.25) is 4.79 Å². The Bertz CT molecular complexity index is 699. The molecule has 4 N–H and O–H groups in total. The molecule has 0 bridgehead atoms. The highest BCUT2D eigenvalue weighted by atomic mass is 16.5. The highest BCUT2D eigenvalue weighted by Gasteiger charge is 2.08. The molecule has 4 heteroatoms. The number of ether oxygens (including phenoxy) is 1. The van der Waals surface area contributed by atoms with E-state index in [1.54, 1.807) is 24.3 Å². The van der Waals surface area contributed by atoms with E-state index >= 15 is 0 Å². The SMILES string of the molecule is NCC#Cc1cccc(COc2ccccc2C(N)=O)c1. The Kier molecular flexibility index (Phi) is 4.97. The van der Waals surface area contributed by atoms with E-state index in [9.17, 15) is 4.79 Å². The zero-order valence-corrected chi connectivity index (χ0v) is 11.5. The van der Waals surface area contributed by atoms with Crippen LogP contribution < -0.4 is 16.2 Å². The van der Waals surface area contributed by atoms with E-state index in [0.717, 1.165) is 11.1 Å². The van der Waals surface area contributed by atoms with Crippen molar-refractivity contribution in [1.82, 2.24) is 0 Å². The number of rotatable bonds is 4. The molecule has 1 amide bonds. The molecular formula is C17H16N2O2. The summed E-state index contributed by atoms with van der Waals surface area (Å²) in [5, 5.41) is 0. The van der Waals surface area contributed by atoms with Gasteiger partial charge in [0.2, 0.25) is 0 Å². The van der Waals surface area contributed by atoms with Gasteiger partial charge in [0, 0.05) is 5.56 Å². The summed E-state index contributed by atoms with van der Waals surface area (Å²) < 4.78 is 5.67. The Morgan fingerprint density at radius 2 is 1.95 bits per heavy atom. The van der Waals surface area contributed by atoms with Crippen molar-refractivity contribution >= 4 is 5.91 Å². The molecule has 0 saturated carbocycles. The summed E-state index contributed by atoms with van der Waals surface area (Å²) >= 11 is 0. The lowest BCUT2D eigenvalue weighted by molar-refractivity contribution is 0.0996.